The molecule has 2 heterocycles. The van der Waals surface area contributed by atoms with Gasteiger partial charge in [0.25, 0.3) is 0 Å². The summed E-state index contributed by atoms with van der Waals surface area (Å²) in [5.74, 6) is 0.883. The molecule has 2 unspecified atom stereocenters. The van der Waals surface area contributed by atoms with Crippen molar-refractivity contribution in [2.45, 2.75) is 12.1 Å². The zero-order valence-corrected chi connectivity index (χ0v) is 11.5. The lowest BCUT2D eigenvalue weighted by Crippen LogP contribution is -2.54. The van der Waals surface area contributed by atoms with Crippen molar-refractivity contribution in [3.8, 4) is 0 Å². The molecule has 2 aromatic rings. The Morgan fingerprint density at radius 2 is 2.05 bits per heavy atom. The average Bonchev–Trinajstić information content (AvgIpc) is 2.84. The Hall–Kier alpha value is -1.36. The topological polar surface area (TPSA) is 45.6 Å². The van der Waals surface area contributed by atoms with E-state index in [4.69, 9.17) is 10.2 Å². The quantitative estimate of drug-likeness (QED) is 0.891. The van der Waals surface area contributed by atoms with E-state index in [0.29, 0.717) is 6.04 Å². The highest BCUT2D eigenvalue weighted by Gasteiger charge is 2.30. The van der Waals surface area contributed by atoms with E-state index in [-0.39, 0.29) is 6.04 Å². The Labute approximate surface area is 113 Å². The van der Waals surface area contributed by atoms with Crippen molar-refractivity contribution in [1.82, 2.24) is 9.80 Å². The number of nitrogens with zero attached hydrogens (tertiary/aromatic N) is 2. The van der Waals surface area contributed by atoms with Gasteiger partial charge in [0.05, 0.1) is 6.04 Å². The van der Waals surface area contributed by atoms with Crippen molar-refractivity contribution in [2.24, 2.45) is 5.73 Å². The van der Waals surface area contributed by atoms with Gasteiger partial charge in [0.15, 0.2) is 0 Å². The minimum Gasteiger partial charge on any atom is -0.459 e. The van der Waals surface area contributed by atoms with Crippen molar-refractivity contribution in [3.05, 3.63) is 36.1 Å². The number of para-hydroxylation sites is 1. The summed E-state index contributed by atoms with van der Waals surface area (Å²) in [5.41, 5.74) is 7.34. The fourth-order valence-electron chi connectivity index (χ4n) is 2.79. The first-order valence-corrected chi connectivity index (χ1v) is 6.78. The van der Waals surface area contributed by atoms with Gasteiger partial charge in [-0.3, -0.25) is 4.90 Å². The van der Waals surface area contributed by atoms with Gasteiger partial charge in [0, 0.05) is 31.1 Å². The summed E-state index contributed by atoms with van der Waals surface area (Å²) in [6, 6.07) is 10.4. The van der Waals surface area contributed by atoms with Crippen LogP contribution in [0.3, 0.4) is 0 Å². The van der Waals surface area contributed by atoms with Crippen molar-refractivity contribution in [1.29, 1.82) is 0 Å². The Bertz CT molecular complexity index is 532. The third kappa shape index (κ3) is 2.39. The van der Waals surface area contributed by atoms with Gasteiger partial charge in [-0.25, -0.2) is 0 Å². The molecule has 2 N–H and O–H groups in total. The van der Waals surface area contributed by atoms with Gasteiger partial charge in [-0.2, -0.15) is 0 Å². The van der Waals surface area contributed by atoms with Crippen molar-refractivity contribution in [3.63, 3.8) is 0 Å². The van der Waals surface area contributed by atoms with Gasteiger partial charge in [-0.1, -0.05) is 18.2 Å². The molecule has 0 spiro atoms. The molecular formula is C15H21N3O. The Balaban J connectivity index is 1.87. The van der Waals surface area contributed by atoms with E-state index in [9.17, 15) is 0 Å². The third-order valence-electron chi connectivity index (χ3n) is 4.09. The highest BCUT2D eigenvalue weighted by molar-refractivity contribution is 5.77. The van der Waals surface area contributed by atoms with Crippen molar-refractivity contribution >= 4 is 11.0 Å². The average molecular weight is 259 g/mol. The number of rotatable bonds is 2. The van der Waals surface area contributed by atoms with Crippen LogP contribution in [0.2, 0.25) is 0 Å². The molecular weight excluding hydrogens is 238 g/mol. The fourth-order valence-corrected chi connectivity index (χ4v) is 2.79. The number of hydrogen-bond acceptors (Lipinski definition) is 4. The smallest absolute Gasteiger partial charge is 0.134 e. The lowest BCUT2D eigenvalue weighted by atomic mass is 10.0. The lowest BCUT2D eigenvalue weighted by molar-refractivity contribution is 0.0926. The molecule has 1 aromatic carbocycles. The molecule has 4 heteroatoms. The van der Waals surface area contributed by atoms with Crippen LogP contribution in [-0.2, 0) is 0 Å². The number of likely N-dealkylation sites (N-methyl/N-ethyl adjacent to an activating group) is 2. The van der Waals surface area contributed by atoms with Crippen LogP contribution in [0, 0.1) is 0 Å². The predicted octanol–water partition coefficient (Wildman–Crippen LogP) is 1.68. The Morgan fingerprint density at radius 3 is 2.84 bits per heavy atom. The monoisotopic (exact) mass is 259 g/mol. The molecule has 0 radical (unpaired) electrons. The minimum atomic E-state index is -0.0832. The number of benzene rings is 1. The summed E-state index contributed by atoms with van der Waals surface area (Å²) >= 11 is 0. The van der Waals surface area contributed by atoms with Crippen LogP contribution in [0.15, 0.2) is 34.7 Å². The Kier molecular flexibility index (Phi) is 3.31. The summed E-state index contributed by atoms with van der Waals surface area (Å²) < 4.78 is 5.90. The maximum absolute atomic E-state index is 6.42. The van der Waals surface area contributed by atoms with Crippen LogP contribution in [-0.4, -0.2) is 49.6 Å². The largest absolute Gasteiger partial charge is 0.459 e. The zero-order valence-electron chi connectivity index (χ0n) is 11.5. The normalized spacial score (nSPS) is 23.8. The molecule has 0 bridgehead atoms. The first-order valence-electron chi connectivity index (χ1n) is 6.78. The van der Waals surface area contributed by atoms with Crippen molar-refractivity contribution < 1.29 is 4.42 Å². The number of nitrogens with two attached hydrogens (primary N) is 1. The maximum Gasteiger partial charge on any atom is 0.134 e. The van der Waals surface area contributed by atoms with E-state index in [0.717, 1.165) is 36.4 Å². The molecule has 2 atom stereocenters. The van der Waals surface area contributed by atoms with Gasteiger partial charge >= 0.3 is 0 Å². The SMILES string of the molecule is CN1CCN(C)C(C(N)c2cc3ccccc3o2)C1. The summed E-state index contributed by atoms with van der Waals surface area (Å²) in [6.07, 6.45) is 0. The zero-order chi connectivity index (χ0) is 13.4. The van der Waals surface area contributed by atoms with E-state index in [1.54, 1.807) is 0 Å². The van der Waals surface area contributed by atoms with E-state index in [2.05, 4.69) is 36.0 Å². The molecule has 1 saturated heterocycles. The molecule has 1 aromatic heterocycles. The second-order valence-electron chi connectivity index (χ2n) is 5.52. The first-order chi connectivity index (χ1) is 9.15. The molecule has 1 fully saturated rings. The standard InChI is InChI=1S/C15H21N3O/c1-17-7-8-18(2)12(10-17)15(16)14-9-11-5-3-4-6-13(11)19-14/h3-6,9,12,15H,7-8,10,16H2,1-2H3. The highest BCUT2D eigenvalue weighted by Crippen LogP contribution is 2.27. The summed E-state index contributed by atoms with van der Waals surface area (Å²) in [4.78, 5) is 4.66. The van der Waals surface area contributed by atoms with Gasteiger partial charge in [0.1, 0.15) is 11.3 Å². The van der Waals surface area contributed by atoms with Crippen LogP contribution in [0.1, 0.15) is 11.8 Å². The molecule has 1 aliphatic rings. The molecule has 0 saturated carbocycles. The second kappa shape index (κ2) is 4.96. The molecule has 19 heavy (non-hydrogen) atoms. The van der Waals surface area contributed by atoms with Crippen molar-refractivity contribution in [2.75, 3.05) is 33.7 Å². The minimum absolute atomic E-state index is 0.0832. The Morgan fingerprint density at radius 1 is 1.26 bits per heavy atom. The van der Waals surface area contributed by atoms with Gasteiger partial charge in [-0.15, -0.1) is 0 Å². The third-order valence-corrected chi connectivity index (χ3v) is 4.09. The van der Waals surface area contributed by atoms with Gasteiger partial charge in [0.2, 0.25) is 0 Å². The molecule has 102 valence electrons. The molecule has 1 aliphatic heterocycles. The van der Waals surface area contributed by atoms with Crippen LogP contribution < -0.4 is 5.73 Å². The van der Waals surface area contributed by atoms with Crippen LogP contribution in [0.5, 0.6) is 0 Å². The van der Waals surface area contributed by atoms with E-state index >= 15 is 0 Å². The summed E-state index contributed by atoms with van der Waals surface area (Å²) in [6.45, 7) is 3.13. The van der Waals surface area contributed by atoms with E-state index in [1.807, 2.05) is 18.2 Å². The van der Waals surface area contributed by atoms with Crippen LogP contribution >= 0.6 is 0 Å². The van der Waals surface area contributed by atoms with Gasteiger partial charge in [-0.05, 0) is 26.2 Å². The fraction of sp³-hybridized carbons (Fsp3) is 0.467. The lowest BCUT2D eigenvalue weighted by Gasteiger charge is -2.40. The predicted molar refractivity (Wildman–Crippen MR) is 77.1 cm³/mol. The van der Waals surface area contributed by atoms with E-state index < -0.39 is 0 Å². The number of fused-ring (bicyclic) bond motifs is 1. The van der Waals surface area contributed by atoms with Crippen LogP contribution in [0.25, 0.3) is 11.0 Å². The van der Waals surface area contributed by atoms with Gasteiger partial charge < -0.3 is 15.1 Å². The second-order valence-corrected chi connectivity index (χ2v) is 5.52. The number of piperazine rings is 1. The summed E-state index contributed by atoms with van der Waals surface area (Å²) in [5, 5.41) is 1.12. The maximum atomic E-state index is 6.42. The number of furan rings is 1. The van der Waals surface area contributed by atoms with E-state index in [1.165, 1.54) is 0 Å². The molecule has 0 amide bonds. The number of hydrogen-bond donors (Lipinski definition) is 1. The molecule has 3 rings (SSSR count). The van der Waals surface area contributed by atoms with Crippen LogP contribution in [0.4, 0.5) is 0 Å². The first kappa shape index (κ1) is 12.7. The molecule has 0 aliphatic carbocycles. The summed E-state index contributed by atoms with van der Waals surface area (Å²) in [7, 11) is 4.28. The molecule has 4 nitrogen and oxygen atoms in total. The highest BCUT2D eigenvalue weighted by atomic mass is 16.3.